The van der Waals surface area contributed by atoms with Crippen LogP contribution < -0.4 is 5.32 Å². The molecule has 5 nitrogen and oxygen atoms in total. The molecule has 16 heavy (non-hydrogen) atoms. The normalized spacial score (nSPS) is 20.8. The van der Waals surface area contributed by atoms with Crippen molar-refractivity contribution in [2.24, 2.45) is 0 Å². The Balaban J connectivity index is 1.87. The van der Waals surface area contributed by atoms with Gasteiger partial charge in [0, 0.05) is 19.0 Å². The van der Waals surface area contributed by atoms with Gasteiger partial charge in [0.1, 0.15) is 0 Å². The fourth-order valence-electron chi connectivity index (χ4n) is 2.04. The summed E-state index contributed by atoms with van der Waals surface area (Å²) in [5.74, 6) is 1.56. The van der Waals surface area contributed by atoms with Crippen molar-refractivity contribution in [2.75, 3.05) is 20.1 Å². The second-order valence-corrected chi connectivity index (χ2v) is 4.42. The molecule has 0 amide bonds. The molecule has 1 aliphatic rings. The molecule has 1 unspecified atom stereocenters. The average Bonchev–Trinajstić information content (AvgIpc) is 2.89. The van der Waals surface area contributed by atoms with Crippen molar-refractivity contribution < 1.29 is 4.52 Å². The van der Waals surface area contributed by atoms with Crippen LogP contribution in [0.3, 0.4) is 0 Å². The Kier molecular flexibility index (Phi) is 3.90. The number of aryl methyl sites for hydroxylation is 1. The third-order valence-corrected chi connectivity index (χ3v) is 3.02. The Labute approximate surface area is 96.2 Å². The van der Waals surface area contributed by atoms with E-state index in [0.717, 1.165) is 44.2 Å². The zero-order valence-corrected chi connectivity index (χ0v) is 10.1. The van der Waals surface area contributed by atoms with Crippen LogP contribution in [0.4, 0.5) is 0 Å². The van der Waals surface area contributed by atoms with Crippen LogP contribution in [-0.2, 0) is 13.0 Å². The molecule has 1 fully saturated rings. The van der Waals surface area contributed by atoms with Gasteiger partial charge in [0.15, 0.2) is 5.82 Å². The van der Waals surface area contributed by atoms with Crippen molar-refractivity contribution in [3.63, 3.8) is 0 Å². The van der Waals surface area contributed by atoms with Crippen LogP contribution in [0.15, 0.2) is 4.52 Å². The Morgan fingerprint density at radius 2 is 2.44 bits per heavy atom. The first-order valence-electron chi connectivity index (χ1n) is 6.02. The van der Waals surface area contributed by atoms with Crippen molar-refractivity contribution in [3.05, 3.63) is 11.7 Å². The second-order valence-electron chi connectivity index (χ2n) is 4.42. The van der Waals surface area contributed by atoms with Crippen LogP contribution in [0.2, 0.25) is 0 Å². The van der Waals surface area contributed by atoms with Gasteiger partial charge in [0.25, 0.3) is 0 Å². The van der Waals surface area contributed by atoms with Crippen LogP contribution in [-0.4, -0.2) is 41.2 Å². The minimum atomic E-state index is 0.605. The molecule has 1 aromatic rings. The molecule has 90 valence electrons. The minimum absolute atomic E-state index is 0.605. The topological polar surface area (TPSA) is 54.2 Å². The van der Waals surface area contributed by atoms with E-state index in [0.29, 0.717) is 6.04 Å². The summed E-state index contributed by atoms with van der Waals surface area (Å²) in [5.41, 5.74) is 0. The highest BCUT2D eigenvalue weighted by Gasteiger charge is 2.20. The van der Waals surface area contributed by atoms with Gasteiger partial charge < -0.3 is 9.84 Å². The van der Waals surface area contributed by atoms with Crippen molar-refractivity contribution in [1.29, 1.82) is 0 Å². The van der Waals surface area contributed by atoms with Gasteiger partial charge in [-0.25, -0.2) is 0 Å². The van der Waals surface area contributed by atoms with E-state index in [1.807, 2.05) is 0 Å². The summed E-state index contributed by atoms with van der Waals surface area (Å²) in [5, 5.41) is 7.36. The quantitative estimate of drug-likeness (QED) is 0.802. The Morgan fingerprint density at radius 1 is 1.56 bits per heavy atom. The van der Waals surface area contributed by atoms with E-state index in [2.05, 4.69) is 34.3 Å². The lowest BCUT2D eigenvalue weighted by atomic mass is 10.2. The van der Waals surface area contributed by atoms with Crippen molar-refractivity contribution in [1.82, 2.24) is 20.4 Å². The Bertz CT molecular complexity index is 320. The first kappa shape index (κ1) is 11.5. The molecule has 2 rings (SSSR count). The maximum Gasteiger partial charge on any atom is 0.226 e. The summed E-state index contributed by atoms with van der Waals surface area (Å²) in [6.45, 7) is 5.07. The SMILES string of the molecule is CCCc1nc(CN(C)C2CCNC2)no1. The van der Waals surface area contributed by atoms with Gasteiger partial charge in [-0.05, 0) is 26.4 Å². The van der Waals surface area contributed by atoms with Crippen molar-refractivity contribution in [3.8, 4) is 0 Å². The molecule has 1 aliphatic heterocycles. The molecule has 0 saturated carbocycles. The van der Waals surface area contributed by atoms with Crippen LogP contribution in [0.25, 0.3) is 0 Å². The second kappa shape index (κ2) is 5.41. The molecule has 0 spiro atoms. The van der Waals surface area contributed by atoms with Crippen molar-refractivity contribution in [2.45, 2.75) is 38.8 Å². The van der Waals surface area contributed by atoms with Crippen LogP contribution >= 0.6 is 0 Å². The molecule has 0 aromatic carbocycles. The number of hydrogen-bond acceptors (Lipinski definition) is 5. The summed E-state index contributed by atoms with van der Waals surface area (Å²) in [6, 6.07) is 0.605. The zero-order chi connectivity index (χ0) is 11.4. The standard InChI is InChI=1S/C11H20N4O/c1-3-4-11-13-10(14-16-11)8-15(2)9-5-6-12-7-9/h9,12H,3-8H2,1-2H3. The van der Waals surface area contributed by atoms with E-state index in [1.54, 1.807) is 0 Å². The highest BCUT2D eigenvalue weighted by molar-refractivity contribution is 4.88. The van der Waals surface area contributed by atoms with Gasteiger partial charge in [-0.1, -0.05) is 12.1 Å². The first-order chi connectivity index (χ1) is 7.79. The fraction of sp³-hybridized carbons (Fsp3) is 0.818. The Morgan fingerprint density at radius 3 is 3.12 bits per heavy atom. The highest BCUT2D eigenvalue weighted by Crippen LogP contribution is 2.09. The average molecular weight is 224 g/mol. The van der Waals surface area contributed by atoms with Gasteiger partial charge in [-0.3, -0.25) is 4.90 Å². The molecule has 0 radical (unpaired) electrons. The molecular formula is C11H20N4O. The lowest BCUT2D eigenvalue weighted by molar-refractivity contribution is 0.239. The number of nitrogens with zero attached hydrogens (tertiary/aromatic N) is 3. The molecule has 1 N–H and O–H groups in total. The molecule has 1 aromatic heterocycles. The largest absolute Gasteiger partial charge is 0.339 e. The lowest BCUT2D eigenvalue weighted by Gasteiger charge is -2.21. The minimum Gasteiger partial charge on any atom is -0.339 e. The lowest BCUT2D eigenvalue weighted by Crippen LogP contribution is -2.33. The highest BCUT2D eigenvalue weighted by atomic mass is 16.5. The molecular weight excluding hydrogens is 204 g/mol. The van der Waals surface area contributed by atoms with E-state index in [1.165, 1.54) is 6.42 Å². The van der Waals surface area contributed by atoms with Gasteiger partial charge in [0.05, 0.1) is 6.54 Å². The monoisotopic (exact) mass is 224 g/mol. The molecule has 1 saturated heterocycles. The summed E-state index contributed by atoms with van der Waals surface area (Å²) < 4.78 is 5.17. The van der Waals surface area contributed by atoms with E-state index >= 15 is 0 Å². The zero-order valence-electron chi connectivity index (χ0n) is 10.1. The van der Waals surface area contributed by atoms with E-state index in [4.69, 9.17) is 4.52 Å². The number of likely N-dealkylation sites (N-methyl/N-ethyl adjacent to an activating group) is 1. The van der Waals surface area contributed by atoms with Gasteiger partial charge in [-0.2, -0.15) is 4.98 Å². The molecule has 2 heterocycles. The molecule has 0 bridgehead atoms. The number of aromatic nitrogens is 2. The van der Waals surface area contributed by atoms with Gasteiger partial charge >= 0.3 is 0 Å². The molecule has 5 heteroatoms. The smallest absolute Gasteiger partial charge is 0.226 e. The number of hydrogen-bond donors (Lipinski definition) is 1. The number of rotatable bonds is 5. The predicted octanol–water partition coefficient (Wildman–Crippen LogP) is 0.816. The third-order valence-electron chi connectivity index (χ3n) is 3.02. The molecule has 0 aliphatic carbocycles. The maximum absolute atomic E-state index is 5.17. The van der Waals surface area contributed by atoms with Gasteiger partial charge in [-0.15, -0.1) is 0 Å². The summed E-state index contributed by atoms with van der Waals surface area (Å²) in [7, 11) is 2.12. The maximum atomic E-state index is 5.17. The van der Waals surface area contributed by atoms with E-state index in [9.17, 15) is 0 Å². The van der Waals surface area contributed by atoms with Gasteiger partial charge in [0.2, 0.25) is 5.89 Å². The van der Waals surface area contributed by atoms with Crippen LogP contribution in [0.5, 0.6) is 0 Å². The predicted molar refractivity (Wildman–Crippen MR) is 61.0 cm³/mol. The van der Waals surface area contributed by atoms with Crippen LogP contribution in [0, 0.1) is 0 Å². The summed E-state index contributed by atoms with van der Waals surface area (Å²) in [6.07, 6.45) is 3.13. The van der Waals surface area contributed by atoms with Crippen LogP contribution in [0.1, 0.15) is 31.5 Å². The summed E-state index contributed by atoms with van der Waals surface area (Å²) in [4.78, 5) is 6.66. The third kappa shape index (κ3) is 2.80. The molecule has 1 atom stereocenters. The fourth-order valence-corrected chi connectivity index (χ4v) is 2.04. The first-order valence-corrected chi connectivity index (χ1v) is 6.02. The summed E-state index contributed by atoms with van der Waals surface area (Å²) >= 11 is 0. The number of nitrogens with one attached hydrogen (secondary N) is 1. The van der Waals surface area contributed by atoms with Crippen molar-refractivity contribution >= 4 is 0 Å². The Hall–Kier alpha value is -0.940. The van der Waals surface area contributed by atoms with E-state index < -0.39 is 0 Å². The van der Waals surface area contributed by atoms with E-state index in [-0.39, 0.29) is 0 Å².